The summed E-state index contributed by atoms with van der Waals surface area (Å²) in [5.41, 5.74) is 13.2. The Hall–Kier alpha value is -2.11. The standard InChI is InChI=1S/C10H6BrNO2.HN3/c11-6-1-2-9-8(5-6)7(10(13)14)3-4-12-9;1-3-2/h1-5H,(H,13,14);1H. The molecule has 0 aliphatic carbocycles. The summed E-state index contributed by atoms with van der Waals surface area (Å²) in [6.45, 7) is 0. The van der Waals surface area contributed by atoms with Crippen LogP contribution in [0.5, 0.6) is 0 Å². The minimum Gasteiger partial charge on any atom is -0.478 e. The Bertz CT molecular complexity index is 594. The number of carbonyl (C=O) groups is 1. The van der Waals surface area contributed by atoms with E-state index >= 15 is 0 Å². The van der Waals surface area contributed by atoms with Crippen molar-refractivity contribution in [3.63, 3.8) is 0 Å². The van der Waals surface area contributed by atoms with Crippen LogP contribution in [0.25, 0.3) is 21.3 Å². The molecule has 0 unspecified atom stereocenters. The number of nitrogens with zero attached hydrogens (tertiary/aromatic N) is 3. The third-order valence-electron chi connectivity index (χ3n) is 1.93. The van der Waals surface area contributed by atoms with Gasteiger partial charge in [0.25, 0.3) is 0 Å². The van der Waals surface area contributed by atoms with Crippen molar-refractivity contribution in [1.29, 1.82) is 5.53 Å². The molecule has 17 heavy (non-hydrogen) atoms. The number of pyridine rings is 1. The number of aromatic nitrogens is 1. The third kappa shape index (κ3) is 3.17. The number of aromatic carboxylic acids is 1. The van der Waals surface area contributed by atoms with E-state index < -0.39 is 5.97 Å². The number of fused-ring (bicyclic) bond motifs is 1. The van der Waals surface area contributed by atoms with Gasteiger partial charge in [0.05, 0.1) is 11.1 Å². The Morgan fingerprint density at radius 2 is 2.12 bits per heavy atom. The lowest BCUT2D eigenvalue weighted by molar-refractivity contribution is 0.0699. The molecule has 0 saturated heterocycles. The van der Waals surface area contributed by atoms with Crippen LogP contribution in [0.1, 0.15) is 10.4 Å². The van der Waals surface area contributed by atoms with Crippen LogP contribution < -0.4 is 0 Å². The Kier molecular flexibility index (Phi) is 4.45. The molecule has 0 atom stereocenters. The smallest absolute Gasteiger partial charge is 0.336 e. The van der Waals surface area contributed by atoms with Crippen molar-refractivity contribution in [1.82, 2.24) is 4.98 Å². The second kappa shape index (κ2) is 5.83. The summed E-state index contributed by atoms with van der Waals surface area (Å²) in [6.07, 6.45) is 1.50. The first-order valence-electron chi connectivity index (χ1n) is 4.38. The van der Waals surface area contributed by atoms with E-state index in [0.717, 1.165) is 4.47 Å². The number of benzene rings is 1. The summed E-state index contributed by atoms with van der Waals surface area (Å²) in [6, 6.07) is 6.87. The van der Waals surface area contributed by atoms with Crippen LogP contribution in [-0.2, 0) is 0 Å². The van der Waals surface area contributed by atoms with Gasteiger partial charge in [-0.15, -0.1) is 5.53 Å². The van der Waals surface area contributed by atoms with E-state index in [9.17, 15) is 4.79 Å². The van der Waals surface area contributed by atoms with Crippen molar-refractivity contribution < 1.29 is 9.90 Å². The Morgan fingerprint density at radius 1 is 1.47 bits per heavy atom. The molecule has 1 heterocycles. The van der Waals surface area contributed by atoms with Crippen molar-refractivity contribution in [3.05, 3.63) is 50.9 Å². The number of carboxylic acids is 1. The molecular formula is C10H7BrN4O2. The van der Waals surface area contributed by atoms with Gasteiger partial charge in [0, 0.05) is 16.1 Å². The Balaban J connectivity index is 0.000000437. The van der Waals surface area contributed by atoms with Crippen molar-refractivity contribution >= 4 is 32.8 Å². The average molecular weight is 295 g/mol. The molecule has 1 aromatic carbocycles. The molecule has 6 nitrogen and oxygen atoms in total. The predicted octanol–water partition coefficient (Wildman–Crippen LogP) is 3.57. The number of halogens is 1. The number of carboxylic acid groups (broad SMARTS) is 1. The normalized spacial score (nSPS) is 9.00. The van der Waals surface area contributed by atoms with E-state index in [2.05, 4.69) is 20.9 Å². The van der Waals surface area contributed by atoms with Crippen LogP contribution in [0.2, 0.25) is 0 Å². The van der Waals surface area contributed by atoms with E-state index in [1.165, 1.54) is 12.3 Å². The largest absolute Gasteiger partial charge is 0.478 e. The topological polar surface area (TPSA) is 110 Å². The van der Waals surface area contributed by atoms with Crippen LogP contribution in [-0.4, -0.2) is 16.1 Å². The van der Waals surface area contributed by atoms with Gasteiger partial charge in [-0.05, 0) is 34.7 Å². The second-order valence-corrected chi connectivity index (χ2v) is 3.84. The SMILES string of the molecule is O=C(O)c1ccnc2ccc(Br)cc12.[N-]=[N+]=N. The van der Waals surface area contributed by atoms with Crippen LogP contribution in [0.3, 0.4) is 0 Å². The summed E-state index contributed by atoms with van der Waals surface area (Å²) in [5.74, 6) is -0.935. The molecule has 2 rings (SSSR count). The van der Waals surface area contributed by atoms with E-state index in [0.29, 0.717) is 10.9 Å². The molecule has 1 aromatic heterocycles. The van der Waals surface area contributed by atoms with Gasteiger partial charge >= 0.3 is 5.97 Å². The van der Waals surface area contributed by atoms with Gasteiger partial charge in [-0.2, -0.15) is 0 Å². The fourth-order valence-electron chi connectivity index (χ4n) is 1.30. The zero-order valence-electron chi connectivity index (χ0n) is 8.46. The highest BCUT2D eigenvalue weighted by Gasteiger charge is 2.08. The van der Waals surface area contributed by atoms with Gasteiger partial charge in [-0.1, -0.05) is 15.9 Å². The summed E-state index contributed by atoms with van der Waals surface area (Å²) < 4.78 is 0.848. The van der Waals surface area contributed by atoms with E-state index in [1.807, 2.05) is 6.07 Å². The van der Waals surface area contributed by atoms with Crippen LogP contribution in [0.15, 0.2) is 34.9 Å². The zero-order chi connectivity index (χ0) is 12.8. The molecule has 0 aliphatic rings. The Labute approximate surface area is 104 Å². The van der Waals surface area contributed by atoms with Crippen molar-refractivity contribution in [2.75, 3.05) is 0 Å². The summed E-state index contributed by atoms with van der Waals surface area (Å²) in [7, 11) is 0. The van der Waals surface area contributed by atoms with E-state index in [-0.39, 0.29) is 5.56 Å². The monoisotopic (exact) mass is 294 g/mol. The fourth-order valence-corrected chi connectivity index (χ4v) is 1.67. The molecule has 2 N–H and O–H groups in total. The summed E-state index contributed by atoms with van der Waals surface area (Å²) >= 11 is 3.29. The highest BCUT2D eigenvalue weighted by atomic mass is 79.9. The van der Waals surface area contributed by atoms with Gasteiger partial charge < -0.3 is 5.11 Å². The third-order valence-corrected chi connectivity index (χ3v) is 2.43. The molecule has 0 fully saturated rings. The number of hydrogen-bond donors (Lipinski definition) is 2. The molecule has 7 heteroatoms. The highest BCUT2D eigenvalue weighted by molar-refractivity contribution is 9.10. The maximum absolute atomic E-state index is 10.9. The minimum absolute atomic E-state index is 0.274. The first-order chi connectivity index (χ1) is 8.10. The molecule has 0 amide bonds. The minimum atomic E-state index is -0.935. The maximum atomic E-state index is 10.9. The van der Waals surface area contributed by atoms with Crippen LogP contribution in [0.4, 0.5) is 0 Å². The van der Waals surface area contributed by atoms with E-state index in [4.69, 9.17) is 16.2 Å². The number of nitrogens with one attached hydrogen (secondary N) is 1. The van der Waals surface area contributed by atoms with Crippen molar-refractivity contribution in [3.8, 4) is 0 Å². The van der Waals surface area contributed by atoms with Gasteiger partial charge in [0.2, 0.25) is 0 Å². The summed E-state index contributed by atoms with van der Waals surface area (Å²) in [4.78, 5) is 16.7. The predicted molar refractivity (Wildman–Crippen MR) is 65.8 cm³/mol. The van der Waals surface area contributed by atoms with E-state index in [1.54, 1.807) is 17.0 Å². The van der Waals surface area contributed by atoms with Gasteiger partial charge in [0.1, 0.15) is 0 Å². The highest BCUT2D eigenvalue weighted by Crippen LogP contribution is 2.21. The molecule has 2 aromatic rings. The Morgan fingerprint density at radius 3 is 2.71 bits per heavy atom. The van der Waals surface area contributed by atoms with Crippen molar-refractivity contribution in [2.45, 2.75) is 0 Å². The maximum Gasteiger partial charge on any atom is 0.336 e. The molecule has 0 spiro atoms. The van der Waals surface area contributed by atoms with Crippen LogP contribution >= 0.6 is 15.9 Å². The lowest BCUT2D eigenvalue weighted by Crippen LogP contribution is -1.97. The molecule has 0 aliphatic heterocycles. The average Bonchev–Trinajstić information content (AvgIpc) is 2.29. The molecule has 0 saturated carbocycles. The molecular weight excluding hydrogens is 288 g/mol. The second-order valence-electron chi connectivity index (χ2n) is 2.93. The lowest BCUT2D eigenvalue weighted by atomic mass is 10.1. The number of hydrogen-bond acceptors (Lipinski definition) is 3. The zero-order valence-corrected chi connectivity index (χ0v) is 10.0. The fraction of sp³-hybridized carbons (Fsp3) is 0. The van der Waals surface area contributed by atoms with Crippen molar-refractivity contribution in [2.24, 2.45) is 0 Å². The molecule has 86 valence electrons. The molecule has 0 bridgehead atoms. The first-order valence-corrected chi connectivity index (χ1v) is 5.18. The van der Waals surface area contributed by atoms with Gasteiger partial charge in [-0.3, -0.25) is 4.98 Å². The molecule has 0 radical (unpaired) electrons. The number of rotatable bonds is 1. The lowest BCUT2D eigenvalue weighted by Gasteiger charge is -2.01. The van der Waals surface area contributed by atoms with Gasteiger partial charge in [-0.25, -0.2) is 4.79 Å². The van der Waals surface area contributed by atoms with Gasteiger partial charge in [0.15, 0.2) is 0 Å². The quantitative estimate of drug-likeness (QED) is 0.476. The summed E-state index contributed by atoms with van der Waals surface area (Å²) in [5, 5.41) is 9.58. The van der Waals surface area contributed by atoms with Crippen LogP contribution in [0, 0.1) is 5.53 Å². The first kappa shape index (κ1) is 13.0.